The van der Waals surface area contributed by atoms with E-state index in [1.165, 1.54) is 23.9 Å². The molecule has 0 aliphatic heterocycles. The van der Waals surface area contributed by atoms with Crippen LogP contribution in [-0.2, 0) is 5.75 Å². The molecule has 5 rings (SSSR count). The van der Waals surface area contributed by atoms with Gasteiger partial charge in [0.1, 0.15) is 5.03 Å². The topological polar surface area (TPSA) is 121 Å². The molecule has 0 N–H and O–H groups in total. The summed E-state index contributed by atoms with van der Waals surface area (Å²) in [7, 11) is 0. The first-order valence-corrected chi connectivity index (χ1v) is 10.2. The first-order chi connectivity index (χ1) is 15.2. The molecule has 0 aliphatic rings. The second-order valence-electron chi connectivity index (χ2n) is 6.45. The van der Waals surface area contributed by atoms with Crippen LogP contribution in [0.5, 0.6) is 0 Å². The number of aromatic nitrogens is 4. The second kappa shape index (κ2) is 8.00. The maximum atomic E-state index is 11.0. The van der Waals surface area contributed by atoms with Gasteiger partial charge in [0.05, 0.1) is 22.5 Å². The average molecular weight is 431 g/mol. The third-order valence-corrected chi connectivity index (χ3v) is 5.40. The molecule has 5 aromatic rings. The molecule has 10 heteroatoms. The molecule has 2 aromatic carbocycles. The van der Waals surface area contributed by atoms with Crippen LogP contribution in [0.2, 0.25) is 0 Å². The Hall–Kier alpha value is -4.05. The zero-order chi connectivity index (χ0) is 21.2. The number of benzene rings is 2. The summed E-state index contributed by atoms with van der Waals surface area (Å²) in [6.45, 7) is 0. The number of rotatable bonds is 6. The molecule has 152 valence electrons. The fourth-order valence-corrected chi connectivity index (χ4v) is 3.85. The molecular formula is C21H13N5O4S. The molecule has 0 radical (unpaired) electrons. The van der Waals surface area contributed by atoms with Crippen LogP contribution in [0.4, 0.5) is 5.69 Å². The summed E-state index contributed by atoms with van der Waals surface area (Å²) in [5.41, 5.74) is 1.28. The number of nitro groups is 1. The van der Waals surface area contributed by atoms with Gasteiger partial charge < -0.3 is 8.94 Å². The number of furan rings is 1. The lowest BCUT2D eigenvalue weighted by molar-refractivity contribution is -0.384. The number of hydrogen-bond donors (Lipinski definition) is 0. The van der Waals surface area contributed by atoms with E-state index < -0.39 is 4.92 Å². The molecule has 0 unspecified atom stereocenters. The van der Waals surface area contributed by atoms with Crippen molar-refractivity contribution in [1.82, 2.24) is 20.1 Å². The number of hydrogen-bond acceptors (Lipinski definition) is 9. The highest BCUT2D eigenvalue weighted by Crippen LogP contribution is 2.31. The summed E-state index contributed by atoms with van der Waals surface area (Å²) in [5, 5.41) is 16.6. The van der Waals surface area contributed by atoms with E-state index in [1.807, 2.05) is 30.3 Å². The minimum Gasteiger partial charge on any atom is -0.461 e. The van der Waals surface area contributed by atoms with E-state index in [9.17, 15) is 10.1 Å². The molecule has 0 fully saturated rings. The zero-order valence-electron chi connectivity index (χ0n) is 15.8. The Morgan fingerprint density at radius 1 is 0.968 bits per heavy atom. The Morgan fingerprint density at radius 2 is 1.87 bits per heavy atom. The Kier molecular flexibility index (Phi) is 4.89. The van der Waals surface area contributed by atoms with Gasteiger partial charge >= 0.3 is 0 Å². The van der Waals surface area contributed by atoms with E-state index in [4.69, 9.17) is 8.94 Å². The molecule has 0 saturated heterocycles. The van der Waals surface area contributed by atoms with Crippen molar-refractivity contribution in [3.63, 3.8) is 0 Å². The van der Waals surface area contributed by atoms with Crippen LogP contribution in [0.15, 0.2) is 80.9 Å². The van der Waals surface area contributed by atoms with Gasteiger partial charge in [0.15, 0.2) is 11.6 Å². The lowest BCUT2D eigenvalue weighted by atomic mass is 10.2. The first-order valence-electron chi connectivity index (χ1n) is 9.18. The van der Waals surface area contributed by atoms with Crippen LogP contribution in [0.1, 0.15) is 5.89 Å². The maximum Gasteiger partial charge on any atom is 0.270 e. The highest BCUT2D eigenvalue weighted by atomic mass is 32.2. The Morgan fingerprint density at radius 3 is 2.71 bits per heavy atom. The molecule has 0 spiro atoms. The van der Waals surface area contributed by atoms with Crippen LogP contribution in [0.25, 0.3) is 33.9 Å². The highest BCUT2D eigenvalue weighted by molar-refractivity contribution is 7.98. The number of nitrogens with zero attached hydrogens (tertiary/aromatic N) is 5. The summed E-state index contributed by atoms with van der Waals surface area (Å²) in [5.74, 6) is 2.13. The van der Waals surface area contributed by atoms with Gasteiger partial charge in [0, 0.05) is 23.1 Å². The first kappa shape index (κ1) is 18.9. The third kappa shape index (κ3) is 3.88. The molecular weight excluding hydrogens is 418 g/mol. The Balaban J connectivity index is 1.42. The second-order valence-corrected chi connectivity index (χ2v) is 7.42. The summed E-state index contributed by atoms with van der Waals surface area (Å²) >= 11 is 1.43. The van der Waals surface area contributed by atoms with E-state index in [2.05, 4.69) is 20.1 Å². The number of para-hydroxylation sites is 1. The van der Waals surface area contributed by atoms with Gasteiger partial charge in [-0.15, -0.1) is 0 Å². The van der Waals surface area contributed by atoms with Crippen molar-refractivity contribution < 1.29 is 13.9 Å². The quantitative estimate of drug-likeness (QED) is 0.156. The predicted molar refractivity (Wildman–Crippen MR) is 113 cm³/mol. The largest absolute Gasteiger partial charge is 0.461 e. The van der Waals surface area contributed by atoms with Crippen molar-refractivity contribution in [1.29, 1.82) is 0 Å². The summed E-state index contributed by atoms with van der Waals surface area (Å²) in [6.07, 6.45) is 1.58. The van der Waals surface area contributed by atoms with E-state index >= 15 is 0 Å². The van der Waals surface area contributed by atoms with Gasteiger partial charge in [-0.25, -0.2) is 9.97 Å². The summed E-state index contributed by atoms with van der Waals surface area (Å²) in [6, 6.07) is 17.4. The van der Waals surface area contributed by atoms with Crippen molar-refractivity contribution in [2.24, 2.45) is 0 Å². The van der Waals surface area contributed by atoms with Gasteiger partial charge in [0.25, 0.3) is 5.69 Å². The van der Waals surface area contributed by atoms with Gasteiger partial charge in [-0.3, -0.25) is 10.1 Å². The summed E-state index contributed by atoms with van der Waals surface area (Å²) in [4.78, 5) is 24.1. The smallest absolute Gasteiger partial charge is 0.270 e. The van der Waals surface area contributed by atoms with Gasteiger partial charge in [-0.05, 0) is 18.2 Å². The van der Waals surface area contributed by atoms with Crippen LogP contribution >= 0.6 is 11.8 Å². The normalized spacial score (nSPS) is 11.1. The molecule has 0 atom stereocenters. The van der Waals surface area contributed by atoms with Crippen molar-refractivity contribution in [3.8, 4) is 23.0 Å². The fourth-order valence-electron chi connectivity index (χ4n) is 2.99. The van der Waals surface area contributed by atoms with Gasteiger partial charge in [-0.1, -0.05) is 47.3 Å². The zero-order valence-corrected chi connectivity index (χ0v) is 16.7. The highest BCUT2D eigenvalue weighted by Gasteiger charge is 2.15. The molecule has 3 aromatic heterocycles. The molecule has 9 nitrogen and oxygen atoms in total. The van der Waals surface area contributed by atoms with Crippen LogP contribution < -0.4 is 0 Å². The van der Waals surface area contributed by atoms with E-state index in [0.29, 0.717) is 34.6 Å². The predicted octanol–water partition coefficient (Wildman–Crippen LogP) is 5.14. The van der Waals surface area contributed by atoms with Crippen molar-refractivity contribution in [2.75, 3.05) is 0 Å². The van der Waals surface area contributed by atoms with Gasteiger partial charge in [-0.2, -0.15) is 4.98 Å². The molecule has 31 heavy (non-hydrogen) atoms. The SMILES string of the molecule is O=[N+]([O-])c1cccc(-c2noc(CSc3nc(-c4ccco4)nc4ccccc34)n2)c1. The summed E-state index contributed by atoms with van der Waals surface area (Å²) < 4.78 is 10.8. The number of thioether (sulfide) groups is 1. The number of non-ortho nitro benzene ring substituents is 1. The molecule has 0 aliphatic carbocycles. The number of fused-ring (bicyclic) bond motifs is 1. The van der Waals surface area contributed by atoms with E-state index in [-0.39, 0.29) is 5.69 Å². The van der Waals surface area contributed by atoms with Crippen molar-refractivity contribution in [3.05, 3.63) is 82.9 Å². The molecule has 0 amide bonds. The van der Waals surface area contributed by atoms with Crippen LogP contribution in [0, 0.1) is 10.1 Å². The van der Waals surface area contributed by atoms with E-state index in [1.54, 1.807) is 24.5 Å². The minimum absolute atomic E-state index is 0.0314. The average Bonchev–Trinajstić information content (AvgIpc) is 3.50. The standard InChI is InChI=1S/C21H13N5O4S/c27-26(28)14-6-3-5-13(11-14)19-23-18(30-25-19)12-31-21-15-7-1-2-8-16(15)22-20(24-21)17-9-4-10-29-17/h1-11H,12H2. The fraction of sp³-hybridized carbons (Fsp3) is 0.0476. The van der Waals surface area contributed by atoms with Crippen molar-refractivity contribution >= 4 is 28.4 Å². The molecule has 0 bridgehead atoms. The van der Waals surface area contributed by atoms with Crippen LogP contribution in [-0.4, -0.2) is 25.0 Å². The number of nitro benzene ring substituents is 1. The Bertz CT molecular complexity index is 1380. The van der Waals surface area contributed by atoms with E-state index in [0.717, 1.165) is 15.9 Å². The maximum absolute atomic E-state index is 11.0. The van der Waals surface area contributed by atoms with Crippen molar-refractivity contribution in [2.45, 2.75) is 10.8 Å². The monoisotopic (exact) mass is 431 g/mol. The third-order valence-electron chi connectivity index (χ3n) is 4.43. The van der Waals surface area contributed by atoms with Crippen LogP contribution in [0.3, 0.4) is 0 Å². The lowest BCUT2D eigenvalue weighted by Crippen LogP contribution is -1.93. The minimum atomic E-state index is -0.461. The molecule has 0 saturated carbocycles. The molecule has 3 heterocycles. The lowest BCUT2D eigenvalue weighted by Gasteiger charge is -2.06. The Labute approximate surface area is 179 Å². The van der Waals surface area contributed by atoms with Gasteiger partial charge in [0.2, 0.25) is 11.7 Å².